The Bertz CT molecular complexity index is 434. The lowest BCUT2D eigenvalue weighted by Gasteiger charge is -2.22. The first-order valence-electron chi connectivity index (χ1n) is 5.65. The molecule has 0 aliphatic heterocycles. The minimum absolute atomic E-state index is 0.0107. The maximum Gasteiger partial charge on any atom is 0.227 e. The minimum Gasteiger partial charge on any atom is -0.497 e. The topological polar surface area (TPSA) is 38.8 Å². The number of thiol groups is 1. The Morgan fingerprint density at radius 2 is 2.00 bits per heavy atom. The summed E-state index contributed by atoms with van der Waals surface area (Å²) >= 11 is 4.07. The number of methoxy groups -OCH3 is 2. The molecule has 0 aliphatic rings. The lowest BCUT2D eigenvalue weighted by atomic mass is 10.1. The second-order valence-corrected chi connectivity index (χ2v) is 4.37. The molecule has 5 heteroatoms. The van der Waals surface area contributed by atoms with Crippen molar-refractivity contribution in [2.45, 2.75) is 13.3 Å². The summed E-state index contributed by atoms with van der Waals surface area (Å²) in [6.07, 6.45) is 0.397. The second-order valence-electron chi connectivity index (χ2n) is 3.92. The summed E-state index contributed by atoms with van der Waals surface area (Å²) in [7, 11) is 4.92. The number of anilines is 1. The number of hydrogen-bond donors (Lipinski definition) is 1. The highest BCUT2D eigenvalue weighted by molar-refractivity contribution is 7.80. The molecule has 0 spiro atoms. The van der Waals surface area contributed by atoms with Crippen molar-refractivity contribution < 1.29 is 14.3 Å². The third kappa shape index (κ3) is 3.10. The van der Waals surface area contributed by atoms with Crippen LogP contribution in [0.25, 0.3) is 0 Å². The van der Waals surface area contributed by atoms with E-state index in [0.717, 1.165) is 11.3 Å². The summed E-state index contributed by atoms with van der Waals surface area (Å²) in [6.45, 7) is 1.92. The molecular formula is C13H19NO3S. The first-order valence-corrected chi connectivity index (χ1v) is 6.28. The molecule has 1 amide bonds. The van der Waals surface area contributed by atoms with E-state index in [4.69, 9.17) is 9.47 Å². The van der Waals surface area contributed by atoms with Gasteiger partial charge in [-0.2, -0.15) is 12.6 Å². The van der Waals surface area contributed by atoms with E-state index in [1.54, 1.807) is 32.2 Å². The van der Waals surface area contributed by atoms with Crippen molar-refractivity contribution in [3.8, 4) is 11.5 Å². The van der Waals surface area contributed by atoms with Gasteiger partial charge in [-0.15, -0.1) is 0 Å². The molecule has 0 atom stereocenters. The predicted molar refractivity (Wildman–Crippen MR) is 76.2 cm³/mol. The van der Waals surface area contributed by atoms with Gasteiger partial charge in [-0.05, 0) is 24.3 Å². The van der Waals surface area contributed by atoms with Crippen LogP contribution in [0.15, 0.2) is 12.1 Å². The van der Waals surface area contributed by atoms with Crippen LogP contribution in [0.2, 0.25) is 0 Å². The largest absolute Gasteiger partial charge is 0.497 e. The molecule has 0 fully saturated rings. The molecule has 0 bridgehead atoms. The Kier molecular flexibility index (Phi) is 5.34. The normalized spacial score (nSPS) is 10.1. The van der Waals surface area contributed by atoms with Crippen molar-refractivity contribution >= 4 is 24.2 Å². The first-order chi connectivity index (χ1) is 8.54. The van der Waals surface area contributed by atoms with E-state index in [0.29, 0.717) is 23.7 Å². The maximum atomic E-state index is 11.9. The monoisotopic (exact) mass is 269 g/mol. The fourth-order valence-corrected chi connectivity index (χ4v) is 2.00. The zero-order valence-electron chi connectivity index (χ0n) is 11.2. The summed E-state index contributed by atoms with van der Waals surface area (Å²) in [4.78, 5) is 13.5. The van der Waals surface area contributed by atoms with Gasteiger partial charge in [-0.1, -0.05) is 0 Å². The Labute approximate surface area is 113 Å². The third-order valence-electron chi connectivity index (χ3n) is 2.73. The number of carbonyl (C=O) groups excluding carboxylic acids is 1. The summed E-state index contributed by atoms with van der Waals surface area (Å²) < 4.78 is 10.5. The number of hydrogen-bond acceptors (Lipinski definition) is 4. The Balaban J connectivity index is 3.18. The van der Waals surface area contributed by atoms with Crippen molar-refractivity contribution in [3.63, 3.8) is 0 Å². The zero-order valence-corrected chi connectivity index (χ0v) is 12.1. The van der Waals surface area contributed by atoms with Gasteiger partial charge in [0.2, 0.25) is 5.91 Å². The van der Waals surface area contributed by atoms with Crippen molar-refractivity contribution in [1.82, 2.24) is 0 Å². The molecular weight excluding hydrogens is 250 g/mol. The molecule has 1 aromatic carbocycles. The highest BCUT2D eigenvalue weighted by Crippen LogP contribution is 2.35. The Hall–Kier alpha value is -1.36. The van der Waals surface area contributed by atoms with Crippen LogP contribution < -0.4 is 14.4 Å². The van der Waals surface area contributed by atoms with E-state index in [1.165, 1.54) is 0 Å². The van der Waals surface area contributed by atoms with Crippen molar-refractivity contribution in [2.24, 2.45) is 0 Å². The molecule has 100 valence electrons. The van der Waals surface area contributed by atoms with Crippen LogP contribution in [0.3, 0.4) is 0 Å². The third-order valence-corrected chi connectivity index (χ3v) is 2.95. The number of nitrogens with zero attached hydrogens (tertiary/aromatic N) is 1. The minimum atomic E-state index is 0.0107. The first kappa shape index (κ1) is 14.7. The van der Waals surface area contributed by atoms with Gasteiger partial charge in [-0.25, -0.2) is 0 Å². The smallest absolute Gasteiger partial charge is 0.227 e. The highest BCUT2D eigenvalue weighted by Gasteiger charge is 2.18. The summed E-state index contributed by atoms with van der Waals surface area (Å²) in [5.41, 5.74) is 1.70. The predicted octanol–water partition coefficient (Wildman–Crippen LogP) is 2.29. The average Bonchev–Trinajstić information content (AvgIpc) is 2.37. The van der Waals surface area contributed by atoms with Gasteiger partial charge in [0.05, 0.1) is 19.9 Å². The molecule has 4 nitrogen and oxygen atoms in total. The molecule has 0 N–H and O–H groups in total. The van der Waals surface area contributed by atoms with Gasteiger partial charge in [0.1, 0.15) is 11.5 Å². The fraction of sp³-hybridized carbons (Fsp3) is 0.462. The zero-order chi connectivity index (χ0) is 13.7. The van der Waals surface area contributed by atoms with E-state index < -0.39 is 0 Å². The number of amides is 1. The summed E-state index contributed by atoms with van der Waals surface area (Å²) in [5, 5.41) is 0. The van der Waals surface area contributed by atoms with Crippen LogP contribution in [0.5, 0.6) is 11.5 Å². The van der Waals surface area contributed by atoms with Crippen LogP contribution in [-0.2, 0) is 4.79 Å². The Morgan fingerprint density at radius 3 is 2.50 bits per heavy atom. The van der Waals surface area contributed by atoms with Gasteiger partial charge in [0, 0.05) is 19.5 Å². The molecule has 1 rings (SSSR count). The molecule has 0 radical (unpaired) electrons. The Morgan fingerprint density at radius 1 is 1.33 bits per heavy atom. The number of benzene rings is 1. The lowest BCUT2D eigenvalue weighted by Crippen LogP contribution is -2.27. The number of carbonyl (C=O) groups is 1. The summed E-state index contributed by atoms with van der Waals surface area (Å²) in [6, 6.07) is 3.65. The standard InChI is InChI=1S/C13H19NO3S/c1-9-7-10(16-3)8-11(17-4)13(9)14(2)12(15)5-6-18/h7-8,18H,5-6H2,1-4H3. The van der Waals surface area contributed by atoms with E-state index in [1.807, 2.05) is 13.0 Å². The molecule has 0 saturated carbocycles. The number of ether oxygens (including phenoxy) is 2. The van der Waals surface area contributed by atoms with Crippen LogP contribution in [0.1, 0.15) is 12.0 Å². The second kappa shape index (κ2) is 6.54. The van der Waals surface area contributed by atoms with Gasteiger partial charge in [0.25, 0.3) is 0 Å². The van der Waals surface area contributed by atoms with Crippen molar-refractivity contribution in [3.05, 3.63) is 17.7 Å². The lowest BCUT2D eigenvalue weighted by molar-refractivity contribution is -0.117. The van der Waals surface area contributed by atoms with E-state index >= 15 is 0 Å². The van der Waals surface area contributed by atoms with E-state index in [2.05, 4.69) is 12.6 Å². The van der Waals surface area contributed by atoms with Crippen molar-refractivity contribution in [2.75, 3.05) is 31.9 Å². The molecule has 0 saturated heterocycles. The molecule has 0 aliphatic carbocycles. The fourth-order valence-electron chi connectivity index (χ4n) is 1.81. The van der Waals surface area contributed by atoms with Crippen LogP contribution in [0.4, 0.5) is 5.69 Å². The van der Waals surface area contributed by atoms with Gasteiger partial charge < -0.3 is 14.4 Å². The van der Waals surface area contributed by atoms with Gasteiger partial charge in [-0.3, -0.25) is 4.79 Å². The average molecular weight is 269 g/mol. The molecule has 1 aromatic rings. The molecule has 18 heavy (non-hydrogen) atoms. The number of aryl methyl sites for hydroxylation is 1. The van der Waals surface area contributed by atoms with E-state index in [-0.39, 0.29) is 5.91 Å². The number of rotatable bonds is 5. The highest BCUT2D eigenvalue weighted by atomic mass is 32.1. The van der Waals surface area contributed by atoms with Crippen LogP contribution in [0, 0.1) is 6.92 Å². The van der Waals surface area contributed by atoms with E-state index in [9.17, 15) is 4.79 Å². The molecule has 0 unspecified atom stereocenters. The maximum absolute atomic E-state index is 11.9. The van der Waals surface area contributed by atoms with Crippen LogP contribution in [-0.4, -0.2) is 32.9 Å². The van der Waals surface area contributed by atoms with Crippen molar-refractivity contribution in [1.29, 1.82) is 0 Å². The quantitative estimate of drug-likeness (QED) is 0.834. The van der Waals surface area contributed by atoms with Crippen LogP contribution >= 0.6 is 12.6 Å². The SMILES string of the molecule is COc1cc(C)c(N(C)C(=O)CCS)c(OC)c1. The summed E-state index contributed by atoms with van der Waals surface area (Å²) in [5.74, 6) is 1.88. The molecule has 0 heterocycles. The van der Waals surface area contributed by atoms with Gasteiger partial charge in [0.15, 0.2) is 0 Å². The molecule has 0 aromatic heterocycles. The van der Waals surface area contributed by atoms with Gasteiger partial charge >= 0.3 is 0 Å².